The van der Waals surface area contributed by atoms with E-state index in [1.165, 1.54) is 24.8 Å². The molecule has 0 saturated heterocycles. The van der Waals surface area contributed by atoms with Gasteiger partial charge < -0.3 is 0 Å². The summed E-state index contributed by atoms with van der Waals surface area (Å²) in [4.78, 5) is 31.8. The summed E-state index contributed by atoms with van der Waals surface area (Å²) in [5, 5.41) is 10.8. The molecule has 0 saturated carbocycles. The van der Waals surface area contributed by atoms with Crippen molar-refractivity contribution in [3.8, 4) is 0 Å². The molecule has 1 heterocycles. The number of carbonyl (C=O) groups excluding carboxylic acids is 2. The van der Waals surface area contributed by atoms with Gasteiger partial charge in [0.05, 0.1) is 15.4 Å². The molecule has 96 valence electrons. The molecule has 0 N–H and O–H groups in total. The topological polar surface area (TPSA) is 77.3 Å². The van der Waals surface area contributed by atoms with Crippen LogP contribution in [0.25, 0.3) is 6.08 Å². The van der Waals surface area contributed by atoms with Crippen LogP contribution in [0.2, 0.25) is 0 Å². The van der Waals surface area contributed by atoms with Crippen molar-refractivity contribution in [1.29, 1.82) is 0 Å². The van der Waals surface area contributed by atoms with E-state index in [-0.39, 0.29) is 10.1 Å². The van der Waals surface area contributed by atoms with E-state index < -0.39 is 4.92 Å². The summed E-state index contributed by atoms with van der Waals surface area (Å²) in [6.07, 6.45) is 4.62. The first-order chi connectivity index (χ1) is 8.54. The first-order valence-electron chi connectivity index (χ1n) is 5.08. The van der Waals surface area contributed by atoms with E-state index in [9.17, 15) is 19.7 Å². The lowest BCUT2D eigenvalue weighted by atomic mass is 10.2. The zero-order chi connectivity index (χ0) is 13.5. The minimum atomic E-state index is -0.498. The van der Waals surface area contributed by atoms with Crippen molar-refractivity contribution in [3.05, 3.63) is 32.7 Å². The largest absolute Gasteiger partial charge is 0.331 e. The maximum Gasteiger partial charge on any atom is 0.331 e. The quantitative estimate of drug-likeness (QED) is 0.347. The molecule has 0 aromatic carbocycles. The first-order valence-corrected chi connectivity index (χ1v) is 6.88. The summed E-state index contributed by atoms with van der Waals surface area (Å²) in [6, 6.07) is 1.49. The number of thioether (sulfide) groups is 1. The number of allylic oxidation sites excluding steroid dienone is 1. The SMILES string of the molecule is CC(=O)SCCC=Cc1cc(C=O)sc1[N+](=O)[O-]. The Labute approximate surface area is 112 Å². The van der Waals surface area contributed by atoms with Gasteiger partial charge in [-0.15, -0.1) is 0 Å². The molecule has 1 rings (SSSR count). The maximum absolute atomic E-state index is 10.7. The van der Waals surface area contributed by atoms with Gasteiger partial charge in [-0.2, -0.15) is 0 Å². The highest BCUT2D eigenvalue weighted by Crippen LogP contribution is 2.30. The molecule has 0 amide bonds. The zero-order valence-electron chi connectivity index (χ0n) is 9.62. The lowest BCUT2D eigenvalue weighted by molar-refractivity contribution is -0.380. The Morgan fingerprint density at radius 2 is 2.33 bits per heavy atom. The highest BCUT2D eigenvalue weighted by molar-refractivity contribution is 8.13. The zero-order valence-corrected chi connectivity index (χ0v) is 11.3. The molecule has 0 fully saturated rings. The highest BCUT2D eigenvalue weighted by atomic mass is 32.2. The van der Waals surface area contributed by atoms with Crippen LogP contribution in [-0.4, -0.2) is 22.1 Å². The maximum atomic E-state index is 10.7. The fraction of sp³-hybridized carbons (Fsp3) is 0.273. The number of hydrogen-bond donors (Lipinski definition) is 0. The molecule has 1 aromatic rings. The molecule has 0 atom stereocenters. The Morgan fingerprint density at radius 1 is 1.61 bits per heavy atom. The van der Waals surface area contributed by atoms with Gasteiger partial charge in [0.2, 0.25) is 0 Å². The summed E-state index contributed by atoms with van der Waals surface area (Å²) in [5.41, 5.74) is 0.430. The van der Waals surface area contributed by atoms with E-state index in [2.05, 4.69) is 0 Å². The predicted octanol–water partition coefficient (Wildman–Crippen LogP) is 3.15. The Hall–Kier alpha value is -1.47. The van der Waals surface area contributed by atoms with Gasteiger partial charge in [-0.25, -0.2) is 0 Å². The molecule has 0 radical (unpaired) electrons. The van der Waals surface area contributed by atoms with Crippen LogP contribution in [0.15, 0.2) is 12.1 Å². The van der Waals surface area contributed by atoms with Crippen LogP contribution in [0.3, 0.4) is 0 Å². The van der Waals surface area contributed by atoms with Crippen LogP contribution in [0.4, 0.5) is 5.00 Å². The number of aldehydes is 1. The molecule has 7 heteroatoms. The van der Waals surface area contributed by atoms with Crippen molar-refractivity contribution >= 4 is 45.6 Å². The van der Waals surface area contributed by atoms with Crippen molar-refractivity contribution < 1.29 is 14.5 Å². The molecule has 0 bridgehead atoms. The minimum absolute atomic E-state index is 0.0347. The molecular weight excluding hydrogens is 274 g/mol. The van der Waals surface area contributed by atoms with Crippen LogP contribution >= 0.6 is 23.1 Å². The second-order valence-electron chi connectivity index (χ2n) is 3.32. The Morgan fingerprint density at radius 3 is 2.89 bits per heavy atom. The van der Waals surface area contributed by atoms with Crippen molar-refractivity contribution in [2.45, 2.75) is 13.3 Å². The lowest BCUT2D eigenvalue weighted by Gasteiger charge is -1.91. The van der Waals surface area contributed by atoms with Gasteiger partial charge in [0.15, 0.2) is 11.4 Å². The summed E-state index contributed by atoms with van der Waals surface area (Å²) < 4.78 is 0. The van der Waals surface area contributed by atoms with Crippen LogP contribution in [0.1, 0.15) is 28.6 Å². The van der Waals surface area contributed by atoms with Crippen LogP contribution < -0.4 is 0 Å². The predicted molar refractivity (Wildman–Crippen MR) is 73.2 cm³/mol. The van der Waals surface area contributed by atoms with E-state index in [1.807, 2.05) is 0 Å². The smallest absolute Gasteiger partial charge is 0.297 e. The normalized spacial score (nSPS) is 10.7. The number of carbonyl (C=O) groups is 2. The molecule has 0 unspecified atom stereocenters. The average Bonchev–Trinajstić information content (AvgIpc) is 2.71. The van der Waals surface area contributed by atoms with Crippen molar-refractivity contribution in [3.63, 3.8) is 0 Å². The summed E-state index contributed by atoms with van der Waals surface area (Å²) in [6.45, 7) is 1.49. The van der Waals surface area contributed by atoms with E-state index in [0.717, 1.165) is 11.3 Å². The molecule has 5 nitrogen and oxygen atoms in total. The fourth-order valence-electron chi connectivity index (χ4n) is 1.22. The van der Waals surface area contributed by atoms with E-state index >= 15 is 0 Å². The van der Waals surface area contributed by atoms with Crippen LogP contribution in [0.5, 0.6) is 0 Å². The van der Waals surface area contributed by atoms with E-state index in [1.54, 1.807) is 12.2 Å². The monoisotopic (exact) mass is 285 g/mol. The third-order valence-electron chi connectivity index (χ3n) is 1.93. The van der Waals surface area contributed by atoms with Gasteiger partial charge in [-0.1, -0.05) is 35.3 Å². The third-order valence-corrected chi connectivity index (χ3v) is 3.80. The van der Waals surface area contributed by atoms with Gasteiger partial charge in [-0.3, -0.25) is 19.7 Å². The van der Waals surface area contributed by atoms with Crippen LogP contribution in [-0.2, 0) is 4.79 Å². The first kappa shape index (κ1) is 14.6. The Bertz CT molecular complexity index is 493. The molecule has 0 aliphatic rings. The van der Waals surface area contributed by atoms with Gasteiger partial charge >= 0.3 is 5.00 Å². The van der Waals surface area contributed by atoms with Gasteiger partial charge in [0, 0.05) is 12.7 Å². The second kappa shape index (κ2) is 7.07. The molecule has 0 spiro atoms. The Kier molecular flexibility index (Phi) is 5.73. The molecular formula is C11H11NO4S2. The third kappa shape index (κ3) is 4.42. The number of hydrogen-bond acceptors (Lipinski definition) is 6. The molecule has 18 heavy (non-hydrogen) atoms. The minimum Gasteiger partial charge on any atom is -0.297 e. The molecule has 0 aliphatic carbocycles. The standard InChI is InChI=1S/C11H11NO4S2/c1-8(14)17-5-3-2-4-9-6-10(7-13)18-11(9)12(15)16/h2,4,6-7H,3,5H2,1H3. The van der Waals surface area contributed by atoms with Gasteiger partial charge in [0.1, 0.15) is 0 Å². The van der Waals surface area contributed by atoms with E-state index in [0.29, 0.717) is 28.9 Å². The number of nitro groups is 1. The average molecular weight is 285 g/mol. The number of rotatable bonds is 6. The Balaban J connectivity index is 2.68. The lowest BCUT2D eigenvalue weighted by Crippen LogP contribution is -1.86. The van der Waals surface area contributed by atoms with Crippen molar-refractivity contribution in [2.75, 3.05) is 5.75 Å². The van der Waals surface area contributed by atoms with Crippen LogP contribution in [0, 0.1) is 10.1 Å². The van der Waals surface area contributed by atoms with Gasteiger partial charge in [0.25, 0.3) is 0 Å². The summed E-state index contributed by atoms with van der Waals surface area (Å²) >= 11 is 2.07. The number of nitrogens with zero attached hydrogens (tertiary/aromatic N) is 1. The van der Waals surface area contributed by atoms with Crippen molar-refractivity contribution in [1.82, 2.24) is 0 Å². The fourth-order valence-corrected chi connectivity index (χ4v) is 2.53. The van der Waals surface area contributed by atoms with E-state index in [4.69, 9.17) is 0 Å². The number of thiophene rings is 1. The second-order valence-corrected chi connectivity index (χ2v) is 5.65. The van der Waals surface area contributed by atoms with Crippen molar-refractivity contribution in [2.24, 2.45) is 0 Å². The molecule has 0 aliphatic heterocycles. The summed E-state index contributed by atoms with van der Waals surface area (Å²) in [5.74, 6) is 0.643. The molecule has 1 aromatic heterocycles. The highest BCUT2D eigenvalue weighted by Gasteiger charge is 2.16. The van der Waals surface area contributed by atoms with Gasteiger partial charge in [-0.05, 0) is 12.5 Å². The summed E-state index contributed by atoms with van der Waals surface area (Å²) in [7, 11) is 0.